The Hall–Kier alpha value is 0.630. The van der Waals surface area contributed by atoms with Crippen LogP contribution in [0.5, 0.6) is 0 Å². The predicted molar refractivity (Wildman–Crippen MR) is 67.7 cm³/mol. The minimum Gasteiger partial charge on any atom is -0.396 e. The zero-order valence-electron chi connectivity index (χ0n) is 8.70. The topological polar surface area (TPSA) is 20.2 Å². The van der Waals surface area contributed by atoms with Gasteiger partial charge in [-0.2, -0.15) is 11.8 Å². The maximum absolute atomic E-state index is 9.34. The van der Waals surface area contributed by atoms with E-state index in [0.717, 1.165) is 17.9 Å². The Balaban J connectivity index is 2.15. The molecule has 2 aliphatic rings. The third-order valence-electron chi connectivity index (χ3n) is 3.50. The van der Waals surface area contributed by atoms with Crippen LogP contribution in [0.1, 0.15) is 19.8 Å². The molecule has 0 saturated carbocycles. The zero-order chi connectivity index (χ0) is 11.0. The van der Waals surface area contributed by atoms with Crippen molar-refractivity contribution < 1.29 is 5.11 Å². The second-order valence-corrected chi connectivity index (χ2v) is 7.04. The summed E-state index contributed by atoms with van der Waals surface area (Å²) in [6.07, 6.45) is 4.03. The van der Waals surface area contributed by atoms with Crippen LogP contribution >= 0.6 is 35.0 Å². The number of alkyl halides is 1. The van der Waals surface area contributed by atoms with Gasteiger partial charge in [-0.15, -0.1) is 11.6 Å². The van der Waals surface area contributed by atoms with Crippen LogP contribution in [0.25, 0.3) is 0 Å². The smallest absolute Gasteiger partial charge is 0.0484 e. The third kappa shape index (κ3) is 2.33. The molecule has 0 radical (unpaired) electrons. The summed E-state index contributed by atoms with van der Waals surface area (Å²) in [4.78, 5) is 0. The number of fused-ring (bicyclic) bond motifs is 1. The number of rotatable bonds is 1. The molecule has 2 rings (SSSR count). The first kappa shape index (κ1) is 12.1. The maximum atomic E-state index is 9.34. The van der Waals surface area contributed by atoms with E-state index < -0.39 is 0 Å². The average molecular weight is 267 g/mol. The Morgan fingerprint density at radius 2 is 2.33 bits per heavy atom. The molecule has 0 aromatic carbocycles. The monoisotopic (exact) mass is 266 g/mol. The van der Waals surface area contributed by atoms with Crippen molar-refractivity contribution in [2.24, 2.45) is 11.8 Å². The molecule has 86 valence electrons. The van der Waals surface area contributed by atoms with Gasteiger partial charge in [0.05, 0.1) is 0 Å². The van der Waals surface area contributed by atoms with Crippen LogP contribution < -0.4 is 0 Å². The number of allylic oxidation sites excluding steroid dienone is 2. The number of aliphatic hydroxyl groups excluding tert-OH is 1. The van der Waals surface area contributed by atoms with Crippen LogP contribution in [0.15, 0.2) is 11.1 Å². The van der Waals surface area contributed by atoms with Crippen molar-refractivity contribution in [1.29, 1.82) is 0 Å². The Labute approximate surface area is 105 Å². The molecule has 1 N–H and O–H groups in total. The summed E-state index contributed by atoms with van der Waals surface area (Å²) in [5, 5.41) is 11.4. The van der Waals surface area contributed by atoms with Crippen molar-refractivity contribution in [1.82, 2.24) is 0 Å². The van der Waals surface area contributed by atoms with Gasteiger partial charge in [-0.3, -0.25) is 0 Å². The fourth-order valence-electron chi connectivity index (χ4n) is 2.54. The molecule has 0 aromatic heterocycles. The highest BCUT2D eigenvalue weighted by Gasteiger charge is 2.43. The van der Waals surface area contributed by atoms with Gasteiger partial charge in [0.25, 0.3) is 0 Å². The van der Waals surface area contributed by atoms with E-state index in [1.165, 1.54) is 0 Å². The first-order valence-electron chi connectivity index (χ1n) is 5.38. The second kappa shape index (κ2) is 4.87. The summed E-state index contributed by atoms with van der Waals surface area (Å²) in [5.74, 6) is 0.642. The molecule has 4 heteroatoms. The molecule has 1 aliphatic carbocycles. The van der Waals surface area contributed by atoms with Gasteiger partial charge >= 0.3 is 0 Å². The average Bonchev–Trinajstić information content (AvgIpc) is 2.20. The highest BCUT2D eigenvalue weighted by Crippen LogP contribution is 2.48. The van der Waals surface area contributed by atoms with Crippen LogP contribution in [0.4, 0.5) is 0 Å². The summed E-state index contributed by atoms with van der Waals surface area (Å²) >= 11 is 14.5. The molecule has 5 atom stereocenters. The highest BCUT2D eigenvalue weighted by molar-refractivity contribution is 8.00. The fourth-order valence-corrected chi connectivity index (χ4v) is 5.22. The molecule has 0 amide bonds. The van der Waals surface area contributed by atoms with Crippen molar-refractivity contribution >= 4 is 35.0 Å². The van der Waals surface area contributed by atoms with Crippen LogP contribution in [0, 0.1) is 11.8 Å². The standard InChI is InChI=1S/C11H16Cl2OS/c1-6-9(5-14)11(13)8-4-7(12)2-3-10(8)15-6/h2,6,8-11,14H,3-5H2,1H3. The first-order valence-corrected chi connectivity index (χ1v) is 7.14. The highest BCUT2D eigenvalue weighted by atomic mass is 35.5. The quantitative estimate of drug-likeness (QED) is 0.736. The molecule has 1 aliphatic heterocycles. The van der Waals surface area contributed by atoms with Crippen molar-refractivity contribution in [3.8, 4) is 0 Å². The zero-order valence-corrected chi connectivity index (χ0v) is 11.0. The summed E-state index contributed by atoms with van der Waals surface area (Å²) in [6, 6.07) is 0. The Kier molecular flexibility index (Phi) is 3.93. The summed E-state index contributed by atoms with van der Waals surface area (Å²) < 4.78 is 0. The Morgan fingerprint density at radius 3 is 3.00 bits per heavy atom. The van der Waals surface area contributed by atoms with E-state index in [9.17, 15) is 5.11 Å². The molecule has 0 spiro atoms. The fraction of sp³-hybridized carbons (Fsp3) is 0.818. The summed E-state index contributed by atoms with van der Waals surface area (Å²) in [7, 11) is 0. The largest absolute Gasteiger partial charge is 0.396 e. The van der Waals surface area contributed by atoms with Gasteiger partial charge in [0.2, 0.25) is 0 Å². The van der Waals surface area contributed by atoms with E-state index >= 15 is 0 Å². The lowest BCUT2D eigenvalue weighted by Gasteiger charge is -2.44. The van der Waals surface area contributed by atoms with Crippen molar-refractivity contribution in [3.05, 3.63) is 11.1 Å². The molecule has 0 bridgehead atoms. The third-order valence-corrected chi connectivity index (χ3v) is 6.13. The van der Waals surface area contributed by atoms with E-state index in [0.29, 0.717) is 16.4 Å². The van der Waals surface area contributed by atoms with Crippen LogP contribution in [-0.2, 0) is 0 Å². The second-order valence-electron chi connectivity index (χ2n) is 4.43. The van der Waals surface area contributed by atoms with E-state index in [2.05, 4.69) is 13.0 Å². The molecule has 5 unspecified atom stereocenters. The molecule has 0 aromatic rings. The lowest BCUT2D eigenvalue weighted by atomic mass is 9.83. The van der Waals surface area contributed by atoms with Gasteiger partial charge in [-0.25, -0.2) is 0 Å². The molecule has 1 fully saturated rings. The van der Waals surface area contributed by atoms with E-state index in [1.54, 1.807) is 0 Å². The molecule has 1 saturated heterocycles. The van der Waals surface area contributed by atoms with E-state index in [4.69, 9.17) is 23.2 Å². The van der Waals surface area contributed by atoms with E-state index in [-0.39, 0.29) is 17.9 Å². The van der Waals surface area contributed by atoms with Gasteiger partial charge in [0.15, 0.2) is 0 Å². The van der Waals surface area contributed by atoms with Crippen molar-refractivity contribution in [2.75, 3.05) is 6.61 Å². The van der Waals surface area contributed by atoms with Crippen molar-refractivity contribution in [3.63, 3.8) is 0 Å². The van der Waals surface area contributed by atoms with Gasteiger partial charge in [-0.1, -0.05) is 24.6 Å². The minimum absolute atomic E-state index is 0.0682. The summed E-state index contributed by atoms with van der Waals surface area (Å²) in [5.41, 5.74) is 0. The SMILES string of the molecule is CC1SC2CC=C(Cl)CC2C(Cl)C1CO. The van der Waals surface area contributed by atoms with Gasteiger partial charge in [-0.05, 0) is 18.8 Å². The van der Waals surface area contributed by atoms with E-state index in [1.807, 2.05) is 11.8 Å². The minimum atomic E-state index is 0.0682. The number of thioether (sulfide) groups is 1. The molecule has 1 heterocycles. The van der Waals surface area contributed by atoms with Crippen LogP contribution in [0.3, 0.4) is 0 Å². The molecule has 15 heavy (non-hydrogen) atoms. The Bertz CT molecular complexity index is 269. The Morgan fingerprint density at radius 1 is 1.60 bits per heavy atom. The number of halogens is 2. The lowest BCUT2D eigenvalue weighted by Crippen LogP contribution is -2.44. The maximum Gasteiger partial charge on any atom is 0.0484 e. The van der Waals surface area contributed by atoms with Gasteiger partial charge < -0.3 is 5.11 Å². The molecular weight excluding hydrogens is 251 g/mol. The molecule has 1 nitrogen and oxygen atoms in total. The first-order chi connectivity index (χ1) is 7.13. The number of hydrogen-bond acceptors (Lipinski definition) is 2. The number of hydrogen-bond donors (Lipinski definition) is 1. The summed E-state index contributed by atoms with van der Waals surface area (Å²) in [6.45, 7) is 2.35. The van der Waals surface area contributed by atoms with Crippen molar-refractivity contribution in [2.45, 2.75) is 35.6 Å². The van der Waals surface area contributed by atoms with Crippen LogP contribution in [0.2, 0.25) is 0 Å². The molecular formula is C11H16Cl2OS. The van der Waals surface area contributed by atoms with Gasteiger partial charge in [0.1, 0.15) is 0 Å². The number of aliphatic hydroxyl groups is 1. The lowest BCUT2D eigenvalue weighted by molar-refractivity contribution is 0.194. The van der Waals surface area contributed by atoms with Gasteiger partial charge in [0, 0.05) is 33.4 Å². The van der Waals surface area contributed by atoms with Crippen LogP contribution in [-0.4, -0.2) is 27.6 Å². The normalized spacial score (nSPS) is 45.9. The predicted octanol–water partition coefficient (Wildman–Crippen LogP) is 3.24.